The molecule has 0 radical (unpaired) electrons. The van der Waals surface area contributed by atoms with Gasteiger partial charge in [0, 0.05) is 6.42 Å². The number of thiol groups is 1. The Kier molecular flexibility index (Phi) is 5.42. The van der Waals surface area contributed by atoms with Crippen molar-refractivity contribution in [1.82, 2.24) is 0 Å². The average Bonchev–Trinajstić information content (AvgIpc) is 1.61. The van der Waals surface area contributed by atoms with Gasteiger partial charge in [-0.05, 0) is 10.8 Å². The van der Waals surface area contributed by atoms with Gasteiger partial charge in [-0.25, -0.2) is 0 Å². The molecule has 0 fully saturated rings. The molecule has 0 amide bonds. The molecule has 0 N–H and O–H groups in total. The third kappa shape index (κ3) is 6.75. The highest BCUT2D eigenvalue weighted by Gasteiger charge is 1.89. The fourth-order valence-corrected chi connectivity index (χ4v) is 0.758. The molecule has 0 saturated heterocycles. The topological polar surface area (TPSA) is 17.1 Å². The minimum Gasteiger partial charge on any atom is -0.288 e. The summed E-state index contributed by atoms with van der Waals surface area (Å²) in [4.78, 5) is 10.1. The van der Waals surface area contributed by atoms with E-state index >= 15 is 0 Å². The number of carbonyl (C=O) groups excluding carboxylic acids is 1. The smallest absolute Gasteiger partial charge is 0.185 e. The fourth-order valence-electron chi connectivity index (χ4n) is 0.218. The number of halogens is 1. The number of hydrogen-bond acceptors (Lipinski definition) is 1. The molecule has 0 aliphatic rings. The van der Waals surface area contributed by atoms with Crippen LogP contribution in [0.1, 0.15) is 12.8 Å². The lowest BCUT2D eigenvalue weighted by molar-refractivity contribution is -0.110. The zero-order chi connectivity index (χ0) is 5.70. The third-order valence-corrected chi connectivity index (χ3v) is 1.51. The number of hydrogen-bond donors (Lipinski definition) is 1. The van der Waals surface area contributed by atoms with E-state index in [4.69, 9.17) is 0 Å². The minimum atomic E-state index is -0.00309. The van der Waals surface area contributed by atoms with Gasteiger partial charge in [-0.1, -0.05) is 22.6 Å². The first-order valence-electron chi connectivity index (χ1n) is 2.05. The summed E-state index contributed by atoms with van der Waals surface area (Å²) in [7, 11) is 0. The predicted molar refractivity (Wildman–Crippen MR) is 42.1 cm³/mol. The van der Waals surface area contributed by atoms with Crippen molar-refractivity contribution in [2.75, 3.05) is 4.43 Å². The number of rotatable bonds is 3. The molecule has 0 spiro atoms. The van der Waals surface area contributed by atoms with Crippen LogP contribution in [0.3, 0.4) is 0 Å². The zero-order valence-corrected chi connectivity index (χ0v) is 6.91. The molecule has 0 aromatic heterocycles. The van der Waals surface area contributed by atoms with E-state index in [1.54, 1.807) is 0 Å². The van der Waals surface area contributed by atoms with Crippen molar-refractivity contribution in [3.63, 3.8) is 0 Å². The molecule has 0 atom stereocenters. The summed E-state index contributed by atoms with van der Waals surface area (Å²) in [6, 6.07) is 0. The summed E-state index contributed by atoms with van der Waals surface area (Å²) in [6.45, 7) is 0. The van der Waals surface area contributed by atoms with Crippen molar-refractivity contribution in [2.45, 2.75) is 12.8 Å². The number of carbonyl (C=O) groups is 1. The Morgan fingerprint density at radius 2 is 2.29 bits per heavy atom. The van der Waals surface area contributed by atoms with Crippen molar-refractivity contribution in [3.8, 4) is 0 Å². The van der Waals surface area contributed by atoms with Crippen LogP contribution in [-0.4, -0.2) is 9.54 Å². The van der Waals surface area contributed by atoms with Crippen LogP contribution in [0.5, 0.6) is 0 Å². The molecule has 0 saturated carbocycles. The first-order valence-corrected chi connectivity index (χ1v) is 4.02. The van der Waals surface area contributed by atoms with Crippen LogP contribution in [0, 0.1) is 0 Å². The Morgan fingerprint density at radius 3 is 2.43 bits per heavy atom. The fraction of sp³-hybridized carbons (Fsp3) is 0.750. The van der Waals surface area contributed by atoms with Crippen molar-refractivity contribution in [3.05, 3.63) is 0 Å². The molecule has 7 heavy (non-hydrogen) atoms. The first-order chi connectivity index (χ1) is 3.27. The quantitative estimate of drug-likeness (QED) is 0.443. The molecular weight excluding hydrogens is 223 g/mol. The molecular formula is C4H7IOS. The Balaban J connectivity index is 2.82. The third-order valence-electron chi connectivity index (χ3n) is 0.524. The first kappa shape index (κ1) is 7.75. The molecule has 0 bridgehead atoms. The molecule has 0 rings (SSSR count). The highest BCUT2D eigenvalue weighted by Crippen LogP contribution is 1.96. The van der Waals surface area contributed by atoms with E-state index in [-0.39, 0.29) is 5.12 Å². The molecule has 0 unspecified atom stereocenters. The molecule has 0 aliphatic heterocycles. The minimum absolute atomic E-state index is 0.00309. The van der Waals surface area contributed by atoms with Gasteiger partial charge in [-0.15, -0.1) is 12.6 Å². The molecule has 0 aromatic carbocycles. The Hall–Kier alpha value is 0.750. The molecule has 1 nitrogen and oxygen atoms in total. The van der Waals surface area contributed by atoms with Gasteiger partial charge in [0.15, 0.2) is 5.12 Å². The second kappa shape index (κ2) is 4.90. The van der Waals surface area contributed by atoms with E-state index in [2.05, 4.69) is 35.2 Å². The van der Waals surface area contributed by atoms with Crippen molar-refractivity contribution >= 4 is 40.3 Å². The van der Waals surface area contributed by atoms with Gasteiger partial charge in [-0.2, -0.15) is 0 Å². The molecule has 0 aliphatic carbocycles. The summed E-state index contributed by atoms with van der Waals surface area (Å²) in [5.74, 6) is 0. The highest BCUT2D eigenvalue weighted by atomic mass is 127. The number of alkyl halides is 1. The lowest BCUT2D eigenvalue weighted by Gasteiger charge is -1.84. The van der Waals surface area contributed by atoms with Gasteiger partial charge >= 0.3 is 0 Å². The van der Waals surface area contributed by atoms with Gasteiger partial charge in [0.05, 0.1) is 0 Å². The van der Waals surface area contributed by atoms with E-state index in [9.17, 15) is 4.79 Å². The molecule has 0 heterocycles. The van der Waals surface area contributed by atoms with E-state index in [0.29, 0.717) is 6.42 Å². The van der Waals surface area contributed by atoms with Gasteiger partial charge in [0.25, 0.3) is 0 Å². The summed E-state index contributed by atoms with van der Waals surface area (Å²) in [5.41, 5.74) is 0. The summed E-state index contributed by atoms with van der Waals surface area (Å²) >= 11 is 5.82. The Bertz CT molecular complexity index is 64.7. The van der Waals surface area contributed by atoms with Crippen LogP contribution in [0.25, 0.3) is 0 Å². The van der Waals surface area contributed by atoms with Crippen LogP contribution in [0.2, 0.25) is 0 Å². The van der Waals surface area contributed by atoms with Crippen LogP contribution in [0.4, 0.5) is 0 Å². The Labute approximate surface area is 62.4 Å². The maximum atomic E-state index is 10.1. The maximum Gasteiger partial charge on any atom is 0.185 e. The molecule has 3 heteroatoms. The lowest BCUT2D eigenvalue weighted by atomic mass is 10.4. The monoisotopic (exact) mass is 230 g/mol. The second-order valence-corrected chi connectivity index (χ2v) is 2.76. The van der Waals surface area contributed by atoms with Crippen molar-refractivity contribution in [1.29, 1.82) is 0 Å². The maximum absolute atomic E-state index is 10.1. The molecule has 0 aromatic rings. The zero-order valence-electron chi connectivity index (χ0n) is 3.85. The molecule has 42 valence electrons. The van der Waals surface area contributed by atoms with Crippen LogP contribution < -0.4 is 0 Å². The average molecular weight is 230 g/mol. The normalized spacial score (nSPS) is 8.86. The predicted octanol–water partition coefficient (Wildman–Crippen LogP) is 1.66. The van der Waals surface area contributed by atoms with Gasteiger partial charge < -0.3 is 0 Å². The Morgan fingerprint density at radius 1 is 1.71 bits per heavy atom. The van der Waals surface area contributed by atoms with E-state index in [1.165, 1.54) is 0 Å². The summed E-state index contributed by atoms with van der Waals surface area (Å²) in [6.07, 6.45) is 1.58. The van der Waals surface area contributed by atoms with Crippen LogP contribution in [0.15, 0.2) is 0 Å². The lowest BCUT2D eigenvalue weighted by Crippen LogP contribution is -1.84. The SMILES string of the molecule is O=C(S)CCCI. The van der Waals surface area contributed by atoms with Gasteiger partial charge in [-0.3, -0.25) is 4.79 Å². The van der Waals surface area contributed by atoms with Gasteiger partial charge in [0.2, 0.25) is 0 Å². The standard InChI is InChI=1S/C4H7IOS/c5-3-1-2-4(6)7/h1-3H2,(H,6,7). The van der Waals surface area contributed by atoms with Gasteiger partial charge in [0.1, 0.15) is 0 Å². The van der Waals surface area contributed by atoms with Crippen LogP contribution in [-0.2, 0) is 4.79 Å². The van der Waals surface area contributed by atoms with E-state index < -0.39 is 0 Å². The van der Waals surface area contributed by atoms with Crippen molar-refractivity contribution in [2.24, 2.45) is 0 Å². The largest absolute Gasteiger partial charge is 0.288 e. The van der Waals surface area contributed by atoms with Crippen molar-refractivity contribution < 1.29 is 4.79 Å². The summed E-state index contributed by atoms with van der Waals surface area (Å²) in [5, 5.41) is -0.00309. The summed E-state index contributed by atoms with van der Waals surface area (Å²) < 4.78 is 1.05. The van der Waals surface area contributed by atoms with E-state index in [0.717, 1.165) is 10.8 Å². The highest BCUT2D eigenvalue weighted by molar-refractivity contribution is 14.1. The second-order valence-electron chi connectivity index (χ2n) is 1.19. The van der Waals surface area contributed by atoms with E-state index in [1.807, 2.05) is 0 Å². The van der Waals surface area contributed by atoms with Crippen LogP contribution >= 0.6 is 35.2 Å².